The highest BCUT2D eigenvalue weighted by Crippen LogP contribution is 2.29. The number of hydrogen-bond acceptors (Lipinski definition) is 4. The predicted octanol–water partition coefficient (Wildman–Crippen LogP) is 3.67. The molecule has 4 rings (SSSR count). The van der Waals surface area contributed by atoms with Crippen molar-refractivity contribution in [2.75, 3.05) is 18.0 Å². The van der Waals surface area contributed by atoms with Crippen molar-refractivity contribution in [1.82, 2.24) is 19.5 Å². The fourth-order valence-corrected chi connectivity index (χ4v) is 3.29. The van der Waals surface area contributed by atoms with Crippen LogP contribution >= 0.6 is 11.6 Å². The van der Waals surface area contributed by atoms with E-state index in [0.717, 1.165) is 35.9 Å². The maximum absolute atomic E-state index is 6.37. The van der Waals surface area contributed by atoms with Gasteiger partial charge in [0.2, 0.25) is 5.95 Å². The van der Waals surface area contributed by atoms with Crippen molar-refractivity contribution < 1.29 is 0 Å². The monoisotopic (exact) mass is 327 g/mol. The van der Waals surface area contributed by atoms with Crippen molar-refractivity contribution in [2.24, 2.45) is 7.05 Å². The molecular weight excluding hydrogens is 310 g/mol. The third-order valence-corrected chi connectivity index (χ3v) is 4.65. The van der Waals surface area contributed by atoms with Crippen LogP contribution in [0.3, 0.4) is 0 Å². The Labute approximate surface area is 139 Å². The molecule has 0 amide bonds. The normalized spacial score (nSPS) is 15.3. The summed E-state index contributed by atoms with van der Waals surface area (Å²) in [7, 11) is 1.99. The minimum atomic E-state index is 0.532. The van der Waals surface area contributed by atoms with Gasteiger partial charge in [-0.2, -0.15) is 0 Å². The first-order valence-electron chi connectivity index (χ1n) is 7.93. The Morgan fingerprint density at radius 3 is 2.61 bits per heavy atom. The lowest BCUT2D eigenvalue weighted by molar-refractivity contribution is 0.568. The van der Waals surface area contributed by atoms with E-state index in [2.05, 4.69) is 9.88 Å². The van der Waals surface area contributed by atoms with Crippen LogP contribution in [0.25, 0.3) is 22.6 Å². The number of rotatable bonds is 2. The van der Waals surface area contributed by atoms with Gasteiger partial charge in [-0.05, 0) is 31.4 Å². The van der Waals surface area contributed by atoms with E-state index >= 15 is 0 Å². The molecule has 3 aromatic rings. The molecule has 2 aromatic heterocycles. The van der Waals surface area contributed by atoms with E-state index in [4.69, 9.17) is 21.6 Å². The summed E-state index contributed by atoms with van der Waals surface area (Å²) in [6.07, 6.45) is 5.34. The van der Waals surface area contributed by atoms with Crippen molar-refractivity contribution in [2.45, 2.75) is 19.3 Å². The van der Waals surface area contributed by atoms with Crippen molar-refractivity contribution in [3.05, 3.63) is 35.5 Å². The molecule has 0 N–H and O–H groups in total. The summed E-state index contributed by atoms with van der Waals surface area (Å²) in [5, 5.41) is 0.532. The number of aryl methyl sites for hydroxylation is 1. The summed E-state index contributed by atoms with van der Waals surface area (Å²) in [5.41, 5.74) is 2.71. The van der Waals surface area contributed by atoms with Gasteiger partial charge >= 0.3 is 0 Å². The molecule has 0 aliphatic carbocycles. The van der Waals surface area contributed by atoms with E-state index in [1.165, 1.54) is 19.3 Å². The predicted molar refractivity (Wildman–Crippen MR) is 92.8 cm³/mol. The van der Waals surface area contributed by atoms with Crippen molar-refractivity contribution >= 4 is 28.6 Å². The van der Waals surface area contributed by atoms with Gasteiger partial charge in [0.05, 0.1) is 22.3 Å². The highest BCUT2D eigenvalue weighted by molar-refractivity contribution is 6.32. The number of para-hydroxylation sites is 2. The van der Waals surface area contributed by atoms with Gasteiger partial charge in [0, 0.05) is 20.1 Å². The van der Waals surface area contributed by atoms with Crippen molar-refractivity contribution in [3.8, 4) is 11.5 Å². The smallest absolute Gasteiger partial charge is 0.226 e. The van der Waals surface area contributed by atoms with E-state index < -0.39 is 0 Å². The van der Waals surface area contributed by atoms with Gasteiger partial charge in [-0.1, -0.05) is 23.7 Å². The Hall–Kier alpha value is -2.14. The molecule has 1 aliphatic heterocycles. The molecule has 5 nitrogen and oxygen atoms in total. The number of halogens is 1. The van der Waals surface area contributed by atoms with Crippen molar-refractivity contribution in [1.29, 1.82) is 0 Å². The number of piperidine rings is 1. The molecule has 118 valence electrons. The summed E-state index contributed by atoms with van der Waals surface area (Å²) in [4.78, 5) is 16.1. The van der Waals surface area contributed by atoms with E-state index in [9.17, 15) is 0 Å². The molecule has 3 heterocycles. The molecular formula is C17H18ClN5. The molecule has 0 spiro atoms. The lowest BCUT2D eigenvalue weighted by Gasteiger charge is -2.26. The molecule has 23 heavy (non-hydrogen) atoms. The fraction of sp³-hybridized carbons (Fsp3) is 0.353. The fourth-order valence-electron chi connectivity index (χ4n) is 3.12. The Morgan fingerprint density at radius 2 is 1.83 bits per heavy atom. The van der Waals surface area contributed by atoms with Gasteiger partial charge in [-0.25, -0.2) is 15.0 Å². The lowest BCUT2D eigenvalue weighted by atomic mass is 10.1. The van der Waals surface area contributed by atoms with Gasteiger partial charge in [-0.3, -0.25) is 0 Å². The maximum Gasteiger partial charge on any atom is 0.226 e. The van der Waals surface area contributed by atoms with Crippen LogP contribution in [0, 0.1) is 0 Å². The number of nitrogens with zero attached hydrogens (tertiary/aromatic N) is 5. The van der Waals surface area contributed by atoms with Gasteiger partial charge in [0.15, 0.2) is 5.82 Å². The van der Waals surface area contributed by atoms with Gasteiger partial charge in [-0.15, -0.1) is 0 Å². The second-order valence-electron chi connectivity index (χ2n) is 5.90. The zero-order valence-electron chi connectivity index (χ0n) is 13.0. The van der Waals surface area contributed by atoms with Gasteiger partial charge in [0.1, 0.15) is 5.69 Å². The first kappa shape index (κ1) is 14.5. The molecule has 0 atom stereocenters. The van der Waals surface area contributed by atoms with Crippen LogP contribution in [0.1, 0.15) is 19.3 Å². The summed E-state index contributed by atoms with van der Waals surface area (Å²) >= 11 is 6.37. The Balaban J connectivity index is 1.81. The highest BCUT2D eigenvalue weighted by Gasteiger charge is 2.19. The van der Waals surface area contributed by atoms with Crippen LogP contribution < -0.4 is 4.90 Å². The molecule has 1 saturated heterocycles. The standard InChI is InChI=1S/C17H18ClN5/c1-22-14-8-4-3-7-13(14)20-16(22)15-12(18)11-19-17(21-15)23-9-5-2-6-10-23/h3-4,7-8,11H,2,5-6,9-10H2,1H3. The quantitative estimate of drug-likeness (QED) is 0.720. The average molecular weight is 328 g/mol. The maximum atomic E-state index is 6.37. The third kappa shape index (κ3) is 2.55. The minimum Gasteiger partial charge on any atom is -0.341 e. The Kier molecular flexibility index (Phi) is 3.65. The topological polar surface area (TPSA) is 46.8 Å². The van der Waals surface area contributed by atoms with E-state index in [0.29, 0.717) is 10.7 Å². The first-order valence-corrected chi connectivity index (χ1v) is 8.31. The highest BCUT2D eigenvalue weighted by atomic mass is 35.5. The minimum absolute atomic E-state index is 0.532. The first-order chi connectivity index (χ1) is 11.2. The Bertz CT molecular complexity index is 851. The van der Waals surface area contributed by atoms with E-state index in [1.54, 1.807) is 6.20 Å². The van der Waals surface area contributed by atoms with Crippen LogP contribution in [-0.4, -0.2) is 32.6 Å². The molecule has 0 saturated carbocycles. The SMILES string of the molecule is Cn1c(-c2nc(N3CCCCC3)ncc2Cl)nc2ccccc21. The summed E-state index contributed by atoms with van der Waals surface area (Å²) < 4.78 is 2.03. The van der Waals surface area contributed by atoms with Crippen LogP contribution in [0.4, 0.5) is 5.95 Å². The summed E-state index contributed by atoms with van der Waals surface area (Å²) in [6, 6.07) is 8.04. The summed E-state index contributed by atoms with van der Waals surface area (Å²) in [5.74, 6) is 1.52. The van der Waals surface area contributed by atoms with Crippen LogP contribution in [-0.2, 0) is 7.05 Å². The second kappa shape index (κ2) is 5.81. The van der Waals surface area contributed by atoms with E-state index in [1.807, 2.05) is 35.9 Å². The molecule has 1 aliphatic rings. The molecule has 0 radical (unpaired) electrons. The molecule has 0 unspecified atom stereocenters. The van der Waals surface area contributed by atoms with E-state index in [-0.39, 0.29) is 0 Å². The summed E-state index contributed by atoms with van der Waals surface area (Å²) in [6.45, 7) is 2.01. The zero-order valence-corrected chi connectivity index (χ0v) is 13.8. The number of aromatic nitrogens is 4. The number of hydrogen-bond donors (Lipinski definition) is 0. The number of benzene rings is 1. The number of anilines is 1. The number of imidazole rings is 1. The van der Waals surface area contributed by atoms with Crippen LogP contribution in [0.2, 0.25) is 5.02 Å². The molecule has 6 heteroatoms. The average Bonchev–Trinajstić information content (AvgIpc) is 2.93. The van der Waals surface area contributed by atoms with Crippen LogP contribution in [0.15, 0.2) is 30.5 Å². The second-order valence-corrected chi connectivity index (χ2v) is 6.30. The Morgan fingerprint density at radius 1 is 1.04 bits per heavy atom. The van der Waals surface area contributed by atoms with Gasteiger partial charge < -0.3 is 9.47 Å². The largest absolute Gasteiger partial charge is 0.341 e. The molecule has 1 fully saturated rings. The lowest BCUT2D eigenvalue weighted by Crippen LogP contribution is -2.31. The van der Waals surface area contributed by atoms with Gasteiger partial charge in [0.25, 0.3) is 0 Å². The third-order valence-electron chi connectivity index (χ3n) is 4.37. The molecule has 0 bridgehead atoms. The zero-order chi connectivity index (χ0) is 15.8. The van der Waals surface area contributed by atoms with Crippen LogP contribution in [0.5, 0.6) is 0 Å². The van der Waals surface area contributed by atoms with Crippen molar-refractivity contribution in [3.63, 3.8) is 0 Å². The number of fused-ring (bicyclic) bond motifs is 1. The molecule has 1 aromatic carbocycles.